The number of benzene rings is 1. The average Bonchev–Trinajstić information content (AvgIpc) is 3.37. The summed E-state index contributed by atoms with van der Waals surface area (Å²) in [6, 6.07) is 4.73. The summed E-state index contributed by atoms with van der Waals surface area (Å²) in [7, 11) is 2.56. The number of aliphatic hydroxyl groups excluding tert-OH is 1. The predicted molar refractivity (Wildman–Crippen MR) is 294 cm³/mol. The number of hydrogen-bond acceptors (Lipinski definition) is 17. The van der Waals surface area contributed by atoms with Gasteiger partial charge in [-0.05, 0) is 69.9 Å². The minimum absolute atomic E-state index is 0.0161. The van der Waals surface area contributed by atoms with Crippen LogP contribution in [0.5, 0.6) is 0 Å². The number of carboxylic acids is 2. The molecule has 1 saturated heterocycles. The van der Waals surface area contributed by atoms with Crippen molar-refractivity contribution in [2.75, 3.05) is 22.6 Å². The van der Waals surface area contributed by atoms with Crippen molar-refractivity contribution < 1.29 is 53.6 Å². The second-order valence-electron chi connectivity index (χ2n) is 19.1. The normalized spacial score (nSPS) is 20.9. The molecule has 5 rings (SSSR count). The molecule has 0 aliphatic carbocycles. The van der Waals surface area contributed by atoms with Gasteiger partial charge in [0, 0.05) is 79.2 Å². The van der Waals surface area contributed by atoms with Crippen molar-refractivity contribution in [1.29, 1.82) is 0 Å². The van der Waals surface area contributed by atoms with E-state index in [1.54, 1.807) is 12.1 Å². The number of carbonyl (C=O) groups excluding carboxylic acids is 4. The van der Waals surface area contributed by atoms with Crippen molar-refractivity contribution in [1.82, 2.24) is 25.3 Å². The molecule has 19 nitrogen and oxygen atoms in total. The van der Waals surface area contributed by atoms with Crippen molar-refractivity contribution >= 4 is 79.8 Å². The molecule has 0 radical (unpaired) electrons. The fourth-order valence-corrected chi connectivity index (χ4v) is 10.9. The Morgan fingerprint density at radius 1 is 0.987 bits per heavy atom. The number of aliphatic carboxylic acids is 2. The number of rotatable bonds is 29. The predicted octanol–water partition coefficient (Wildman–Crippen LogP) is 7.51. The molecule has 1 aromatic carbocycles. The maximum absolute atomic E-state index is 13.5. The molecule has 8 N–H and O–H groups in total. The number of carboxylic acid groups (broad SMARTS) is 2. The third-order valence-electron chi connectivity index (χ3n) is 12.7. The van der Waals surface area contributed by atoms with Gasteiger partial charge in [-0.3, -0.25) is 29.0 Å². The lowest BCUT2D eigenvalue weighted by molar-refractivity contribution is -0.143. The minimum Gasteiger partial charge on any atom is -0.481 e. The van der Waals surface area contributed by atoms with E-state index >= 15 is 0 Å². The van der Waals surface area contributed by atoms with E-state index in [9.17, 15) is 48.9 Å². The number of hydrogen-bond donors (Lipinski definition) is 7. The van der Waals surface area contributed by atoms with E-state index in [-0.39, 0.29) is 109 Å². The molecule has 2 aliphatic heterocycles. The van der Waals surface area contributed by atoms with E-state index in [4.69, 9.17) is 15.2 Å². The summed E-state index contributed by atoms with van der Waals surface area (Å²) in [6.45, 7) is 10.2. The highest BCUT2D eigenvalue weighted by molar-refractivity contribution is 8.76. The molecule has 4 heterocycles. The number of allylic oxidation sites excluding steroid dienone is 7. The fraction of sp³-hybridized carbons (Fsp3) is 0.455. The summed E-state index contributed by atoms with van der Waals surface area (Å²) in [4.78, 5) is 102. The number of nitrogen functional groups attached to an aromatic ring is 1. The Balaban J connectivity index is 1.06. The van der Waals surface area contributed by atoms with Gasteiger partial charge in [0.05, 0.1) is 42.7 Å². The lowest BCUT2D eigenvalue weighted by Gasteiger charge is -2.39. The van der Waals surface area contributed by atoms with Gasteiger partial charge in [-0.25, -0.2) is 19.6 Å². The summed E-state index contributed by atoms with van der Waals surface area (Å²) in [5.74, 6) is -4.92. The number of ketones is 2. The van der Waals surface area contributed by atoms with Crippen LogP contribution >= 0.6 is 21.6 Å². The number of H-pyrrole nitrogens is 1. The number of aromatic amines is 1. The van der Waals surface area contributed by atoms with Gasteiger partial charge in [0.1, 0.15) is 23.7 Å². The first-order valence-electron chi connectivity index (χ1n) is 25.2. The highest BCUT2D eigenvalue weighted by Gasteiger charge is 2.37. The number of anilines is 2. The van der Waals surface area contributed by atoms with Crippen LogP contribution < -0.4 is 21.9 Å². The third-order valence-corrected chi connectivity index (χ3v) is 15.2. The van der Waals surface area contributed by atoms with Crippen LogP contribution in [-0.4, -0.2) is 113 Å². The molecule has 2 aromatic heterocycles. The zero-order valence-corrected chi connectivity index (χ0v) is 45.0. The van der Waals surface area contributed by atoms with Crippen LogP contribution in [0.3, 0.4) is 0 Å². The van der Waals surface area contributed by atoms with E-state index in [2.05, 4.69) is 43.6 Å². The molecule has 21 heteroatoms. The van der Waals surface area contributed by atoms with Gasteiger partial charge in [0.2, 0.25) is 5.95 Å². The van der Waals surface area contributed by atoms with Gasteiger partial charge >= 0.3 is 17.9 Å². The Hall–Kier alpha value is -6.68. The Morgan fingerprint density at radius 3 is 2.45 bits per heavy atom. The number of ether oxygens (including phenoxy) is 2. The van der Waals surface area contributed by atoms with Crippen molar-refractivity contribution in [2.24, 2.45) is 23.7 Å². The number of aromatic nitrogens is 4. The monoisotopic (exact) mass is 1080 g/mol. The summed E-state index contributed by atoms with van der Waals surface area (Å²) in [5.41, 5.74) is 8.54. The molecule has 0 unspecified atom stereocenters. The molecule has 2 aliphatic rings. The van der Waals surface area contributed by atoms with Crippen LogP contribution in [0.4, 0.5) is 11.6 Å². The topological polar surface area (TPSA) is 303 Å². The second kappa shape index (κ2) is 30.2. The van der Waals surface area contributed by atoms with Crippen LogP contribution in [0.15, 0.2) is 107 Å². The Labute approximate surface area is 449 Å². The number of nitrogens with two attached hydrogens (primary N) is 1. The van der Waals surface area contributed by atoms with Crippen LogP contribution in [0.25, 0.3) is 11.2 Å². The van der Waals surface area contributed by atoms with Crippen molar-refractivity contribution in [3.63, 3.8) is 0 Å². The number of carbonyl (C=O) groups is 6. The van der Waals surface area contributed by atoms with Crippen LogP contribution in [0.2, 0.25) is 0 Å². The molecule has 0 spiro atoms. The highest BCUT2D eigenvalue weighted by Crippen LogP contribution is 2.33. The quantitative estimate of drug-likeness (QED) is 0.0116. The van der Waals surface area contributed by atoms with Crippen LogP contribution in [0.1, 0.15) is 102 Å². The van der Waals surface area contributed by atoms with Gasteiger partial charge in [0.15, 0.2) is 11.2 Å². The van der Waals surface area contributed by atoms with Crippen LogP contribution in [-0.2, 0) is 40.0 Å². The Bertz CT molecular complexity index is 2770. The number of esters is 1. The summed E-state index contributed by atoms with van der Waals surface area (Å²) in [5, 5.41) is 36.3. The van der Waals surface area contributed by atoms with E-state index in [1.807, 2.05) is 76.3 Å². The number of cyclic esters (lactones) is 1. The van der Waals surface area contributed by atoms with Gasteiger partial charge < -0.3 is 41.2 Å². The maximum Gasteiger partial charge on any atom is 0.331 e. The molecular formula is C55H69N7O12S2. The van der Waals surface area contributed by atoms with E-state index in [0.29, 0.717) is 30.0 Å². The number of aliphatic hydroxyl groups is 1. The van der Waals surface area contributed by atoms with Crippen LogP contribution in [0, 0.1) is 23.7 Å². The first-order chi connectivity index (χ1) is 36.3. The maximum atomic E-state index is 13.5. The molecule has 76 heavy (non-hydrogen) atoms. The molecule has 1 amide bonds. The second-order valence-corrected chi connectivity index (χ2v) is 21.8. The van der Waals surface area contributed by atoms with Gasteiger partial charge in [-0.15, -0.1) is 0 Å². The van der Waals surface area contributed by atoms with Crippen molar-refractivity contribution in [3.8, 4) is 0 Å². The first kappa shape index (κ1) is 60.2. The lowest BCUT2D eigenvalue weighted by atomic mass is 9.83. The number of Topliss-reactive ketones (excluding diaryl/α,β-unsaturated/α-hetero) is 2. The molecule has 0 saturated carbocycles. The van der Waals surface area contributed by atoms with Crippen molar-refractivity contribution in [3.05, 3.63) is 124 Å². The zero-order chi connectivity index (χ0) is 55.3. The molecular weight excluding hydrogens is 1010 g/mol. The lowest BCUT2D eigenvalue weighted by Crippen LogP contribution is -2.44. The SMILES string of the molecule is C/C=C/[C@@H]1O[C@H]([C@@H](/C=C/C=C(\C)C[C@@H](C)/C=C(C)\C=C\[C@H]2CC=CC(=O)O2)CC(=O)CCSSC[C@H](CC(=O)CC[C@H](NC(=O)c2ccc(NCc3cnc4nc(N)[nH]c(=O)c4n3)cc2)C(=O)O)C(=O)O)C[C@@H](O)[C@@H]1C. The average molecular weight is 1080 g/mol. The van der Waals surface area contributed by atoms with E-state index in [1.165, 1.54) is 46.0 Å². The van der Waals surface area contributed by atoms with Gasteiger partial charge in [-0.2, -0.15) is 4.98 Å². The minimum atomic E-state index is -1.42. The van der Waals surface area contributed by atoms with E-state index < -0.39 is 53.4 Å². The Morgan fingerprint density at radius 2 is 1.74 bits per heavy atom. The molecule has 3 aromatic rings. The summed E-state index contributed by atoms with van der Waals surface area (Å²) in [6.07, 6.45) is 20.2. The first-order valence-corrected chi connectivity index (χ1v) is 27.7. The smallest absolute Gasteiger partial charge is 0.331 e. The Kier molecular flexibility index (Phi) is 23.9. The molecule has 408 valence electrons. The molecule has 0 bridgehead atoms. The van der Waals surface area contributed by atoms with E-state index in [0.717, 1.165) is 17.6 Å². The number of fused-ring (bicyclic) bond motifs is 1. The fourth-order valence-electron chi connectivity index (χ4n) is 8.57. The van der Waals surface area contributed by atoms with Crippen molar-refractivity contribution in [2.45, 2.75) is 123 Å². The number of amides is 1. The number of nitrogens with zero attached hydrogens (tertiary/aromatic N) is 3. The van der Waals surface area contributed by atoms with Gasteiger partial charge in [-0.1, -0.05) is 95.2 Å². The zero-order valence-electron chi connectivity index (χ0n) is 43.4. The largest absolute Gasteiger partial charge is 0.481 e. The third kappa shape index (κ3) is 19.8. The van der Waals surface area contributed by atoms with Gasteiger partial charge in [0.25, 0.3) is 11.5 Å². The molecule has 9 atom stereocenters. The number of nitrogens with one attached hydrogen (secondary N) is 3. The summed E-state index contributed by atoms with van der Waals surface area (Å²) < 4.78 is 11.8. The standard InChI is InChI=1S/C55H69N7O12S2/c1-6-9-46-35(5)45(65)28-47(74-46)37(11-7-10-32(2)24-34(4)25-33(3)14-20-43-12-8-13-48(66)73-43)26-42(64)22-23-75-76-31-38(53(69)70)27-41(63)19-21-44(54(71)72)60-51(67)36-15-17-39(18-16-36)57-29-40-30-58-50-49(59-40)52(68)62-55(56)61-50/h6-11,13-18,20,25,30,34-35,37-38,43-47,57,65H,12,19,21-24,26-29,31H2,1-5H3,(H,60,67)(H,69,70)(H,71,72)(H3,56,58,61,62,68)/b9-6+,11-7+,20-14+,32-10+,33-25-/t34-,35+,37+,38+,43-,44+,45-,46+,47+/m1/s1. The molecule has 1 fully saturated rings. The highest BCUT2D eigenvalue weighted by atomic mass is 33.1. The summed E-state index contributed by atoms with van der Waals surface area (Å²) >= 11 is 0.